The number of nitrogens with one attached hydrogen (secondary N) is 1. The first-order chi connectivity index (χ1) is 10.2. The Morgan fingerprint density at radius 1 is 1.24 bits per heavy atom. The van der Waals surface area contributed by atoms with Gasteiger partial charge in [-0.1, -0.05) is 19.1 Å². The van der Waals surface area contributed by atoms with Crippen molar-refractivity contribution in [1.82, 2.24) is 15.1 Å². The van der Waals surface area contributed by atoms with Crippen LogP contribution < -0.4 is 10.1 Å². The largest absolute Gasteiger partial charge is 0.497 e. The Labute approximate surface area is 127 Å². The summed E-state index contributed by atoms with van der Waals surface area (Å²) in [6.45, 7) is 6.13. The maximum Gasteiger partial charge on any atom is 0.118 e. The van der Waals surface area contributed by atoms with Crippen molar-refractivity contribution in [2.45, 2.75) is 39.3 Å². The van der Waals surface area contributed by atoms with Gasteiger partial charge in [-0.15, -0.1) is 0 Å². The molecule has 0 spiro atoms. The van der Waals surface area contributed by atoms with Crippen molar-refractivity contribution in [3.63, 3.8) is 0 Å². The first-order valence-corrected chi connectivity index (χ1v) is 7.60. The summed E-state index contributed by atoms with van der Waals surface area (Å²) in [4.78, 5) is 0. The fourth-order valence-corrected chi connectivity index (χ4v) is 2.15. The third kappa shape index (κ3) is 4.60. The molecule has 1 aromatic carbocycles. The molecule has 114 valence electrons. The van der Waals surface area contributed by atoms with Crippen molar-refractivity contribution >= 4 is 0 Å². The number of ether oxygens (including phenoxy) is 1. The normalized spacial score (nSPS) is 12.3. The zero-order chi connectivity index (χ0) is 15.1. The van der Waals surface area contributed by atoms with Crippen LogP contribution in [0.4, 0.5) is 0 Å². The van der Waals surface area contributed by atoms with Crippen LogP contribution in [0.3, 0.4) is 0 Å². The fourth-order valence-electron chi connectivity index (χ4n) is 2.15. The second kappa shape index (κ2) is 7.84. The molecule has 1 heterocycles. The van der Waals surface area contributed by atoms with Gasteiger partial charge in [-0.05, 0) is 50.1 Å². The molecule has 1 aromatic heterocycles. The average Bonchev–Trinajstić information content (AvgIpc) is 3.00. The molecule has 0 bridgehead atoms. The van der Waals surface area contributed by atoms with Crippen LogP contribution in [0.5, 0.6) is 5.75 Å². The lowest BCUT2D eigenvalue weighted by molar-refractivity contribution is 0.414. The predicted molar refractivity (Wildman–Crippen MR) is 85.6 cm³/mol. The van der Waals surface area contributed by atoms with E-state index < -0.39 is 0 Å². The van der Waals surface area contributed by atoms with Crippen LogP contribution in [-0.4, -0.2) is 23.4 Å². The summed E-state index contributed by atoms with van der Waals surface area (Å²) in [6, 6.07) is 10.8. The lowest BCUT2D eigenvalue weighted by Gasteiger charge is -2.08. The topological polar surface area (TPSA) is 39.1 Å². The molecule has 0 aliphatic heterocycles. The molecule has 0 aliphatic carbocycles. The van der Waals surface area contributed by atoms with E-state index in [1.165, 1.54) is 5.56 Å². The second-order valence-corrected chi connectivity index (χ2v) is 5.32. The van der Waals surface area contributed by atoms with Gasteiger partial charge in [-0.25, -0.2) is 0 Å². The third-order valence-corrected chi connectivity index (χ3v) is 3.76. The van der Waals surface area contributed by atoms with Gasteiger partial charge >= 0.3 is 0 Å². The number of methoxy groups -OCH3 is 1. The van der Waals surface area contributed by atoms with Crippen LogP contribution in [0.15, 0.2) is 36.5 Å². The van der Waals surface area contributed by atoms with Gasteiger partial charge in [0.25, 0.3) is 0 Å². The summed E-state index contributed by atoms with van der Waals surface area (Å²) in [6.07, 6.45) is 4.18. The molecule has 0 saturated carbocycles. The molecule has 1 atom stereocenters. The van der Waals surface area contributed by atoms with Gasteiger partial charge in [0, 0.05) is 18.8 Å². The number of aromatic nitrogens is 2. The SMILES string of the molecule is CCC(C)n1ccc(CNCCc2ccc(OC)cc2)n1. The van der Waals surface area contributed by atoms with Crippen LogP contribution in [0.2, 0.25) is 0 Å². The molecule has 2 rings (SSSR count). The monoisotopic (exact) mass is 287 g/mol. The van der Waals surface area contributed by atoms with Crippen LogP contribution >= 0.6 is 0 Å². The van der Waals surface area contributed by atoms with Crippen molar-refractivity contribution in [3.05, 3.63) is 47.8 Å². The van der Waals surface area contributed by atoms with Gasteiger partial charge in [0.1, 0.15) is 5.75 Å². The van der Waals surface area contributed by atoms with Gasteiger partial charge in [-0.3, -0.25) is 4.68 Å². The molecule has 0 fully saturated rings. The minimum absolute atomic E-state index is 0.470. The van der Waals surface area contributed by atoms with E-state index in [0.717, 1.165) is 37.4 Å². The zero-order valence-corrected chi connectivity index (χ0v) is 13.2. The molecule has 0 radical (unpaired) electrons. The van der Waals surface area contributed by atoms with Crippen molar-refractivity contribution in [1.29, 1.82) is 0 Å². The number of hydrogen-bond donors (Lipinski definition) is 1. The predicted octanol–water partition coefficient (Wildman–Crippen LogP) is 3.20. The second-order valence-electron chi connectivity index (χ2n) is 5.32. The number of nitrogens with zero attached hydrogens (tertiary/aromatic N) is 2. The van der Waals surface area contributed by atoms with Crippen molar-refractivity contribution in [3.8, 4) is 5.75 Å². The van der Waals surface area contributed by atoms with Gasteiger partial charge < -0.3 is 10.1 Å². The Morgan fingerprint density at radius 3 is 2.67 bits per heavy atom. The van der Waals surface area contributed by atoms with Crippen LogP contribution in [0.1, 0.15) is 37.6 Å². The van der Waals surface area contributed by atoms with Gasteiger partial charge in [-0.2, -0.15) is 5.10 Å². The van der Waals surface area contributed by atoms with E-state index in [9.17, 15) is 0 Å². The summed E-state index contributed by atoms with van der Waals surface area (Å²) in [5, 5.41) is 8.03. The summed E-state index contributed by atoms with van der Waals surface area (Å²) >= 11 is 0. The highest BCUT2D eigenvalue weighted by molar-refractivity contribution is 5.27. The van der Waals surface area contributed by atoms with Crippen molar-refractivity contribution in [2.24, 2.45) is 0 Å². The first-order valence-electron chi connectivity index (χ1n) is 7.60. The molecule has 21 heavy (non-hydrogen) atoms. The Kier molecular flexibility index (Phi) is 5.81. The number of rotatable bonds is 8. The summed E-state index contributed by atoms with van der Waals surface area (Å²) in [5.41, 5.74) is 2.42. The molecule has 1 unspecified atom stereocenters. The van der Waals surface area contributed by atoms with Crippen molar-refractivity contribution < 1.29 is 4.74 Å². The molecular weight excluding hydrogens is 262 g/mol. The Morgan fingerprint density at radius 2 is 2.00 bits per heavy atom. The smallest absolute Gasteiger partial charge is 0.118 e. The van der Waals surface area contributed by atoms with E-state index in [2.05, 4.69) is 48.7 Å². The van der Waals surface area contributed by atoms with E-state index in [1.54, 1.807) is 7.11 Å². The van der Waals surface area contributed by atoms with E-state index in [1.807, 2.05) is 16.8 Å². The summed E-state index contributed by atoms with van der Waals surface area (Å²) in [5.74, 6) is 0.905. The Bertz CT molecular complexity index is 533. The number of hydrogen-bond acceptors (Lipinski definition) is 3. The minimum atomic E-state index is 0.470. The van der Waals surface area contributed by atoms with E-state index >= 15 is 0 Å². The average molecular weight is 287 g/mol. The molecular formula is C17H25N3O. The highest BCUT2D eigenvalue weighted by Gasteiger charge is 2.04. The summed E-state index contributed by atoms with van der Waals surface area (Å²) in [7, 11) is 1.69. The molecule has 1 N–H and O–H groups in total. The van der Waals surface area contributed by atoms with Crippen LogP contribution in [0.25, 0.3) is 0 Å². The van der Waals surface area contributed by atoms with E-state index in [4.69, 9.17) is 4.74 Å². The van der Waals surface area contributed by atoms with Gasteiger partial charge in [0.15, 0.2) is 0 Å². The third-order valence-electron chi connectivity index (χ3n) is 3.76. The molecule has 0 saturated heterocycles. The maximum absolute atomic E-state index is 5.16. The fraction of sp³-hybridized carbons (Fsp3) is 0.471. The van der Waals surface area contributed by atoms with E-state index in [0.29, 0.717) is 6.04 Å². The molecule has 4 heteroatoms. The van der Waals surface area contributed by atoms with Gasteiger partial charge in [0.2, 0.25) is 0 Å². The maximum atomic E-state index is 5.16. The minimum Gasteiger partial charge on any atom is -0.497 e. The van der Waals surface area contributed by atoms with Crippen LogP contribution in [0, 0.1) is 0 Å². The first kappa shape index (κ1) is 15.6. The number of benzene rings is 1. The lowest BCUT2D eigenvalue weighted by atomic mass is 10.1. The highest BCUT2D eigenvalue weighted by Crippen LogP contribution is 2.11. The lowest BCUT2D eigenvalue weighted by Crippen LogP contribution is -2.17. The molecule has 4 nitrogen and oxygen atoms in total. The molecule has 2 aromatic rings. The quantitative estimate of drug-likeness (QED) is 0.758. The van der Waals surface area contributed by atoms with Gasteiger partial charge in [0.05, 0.1) is 12.8 Å². The Hall–Kier alpha value is -1.81. The highest BCUT2D eigenvalue weighted by atomic mass is 16.5. The van der Waals surface area contributed by atoms with Crippen LogP contribution in [-0.2, 0) is 13.0 Å². The Balaban J connectivity index is 1.72. The van der Waals surface area contributed by atoms with Crippen molar-refractivity contribution in [2.75, 3.05) is 13.7 Å². The molecule has 0 amide bonds. The summed E-state index contributed by atoms with van der Waals surface area (Å²) < 4.78 is 7.20. The van der Waals surface area contributed by atoms with E-state index in [-0.39, 0.29) is 0 Å². The zero-order valence-electron chi connectivity index (χ0n) is 13.2. The molecule has 0 aliphatic rings. The standard InChI is InChI=1S/C17H25N3O/c1-4-14(2)20-12-10-16(19-20)13-18-11-9-15-5-7-17(21-3)8-6-15/h5-8,10,12,14,18H,4,9,11,13H2,1-3H3.